The molecular weight excluding hydrogens is 260 g/mol. The minimum atomic E-state index is -1.18. The summed E-state index contributed by atoms with van der Waals surface area (Å²) in [6.07, 6.45) is 0. The molecule has 0 aliphatic heterocycles. The van der Waals surface area contributed by atoms with E-state index in [1.165, 1.54) is 18.2 Å². The minimum absolute atomic E-state index is 0.0503. The number of carboxylic acids is 1. The normalized spacial score (nSPS) is 9.75. The van der Waals surface area contributed by atoms with Gasteiger partial charge in [-0.15, -0.1) is 0 Å². The second-order valence-corrected chi connectivity index (χ2v) is 3.98. The number of rotatable bonds is 3. The van der Waals surface area contributed by atoms with E-state index in [1.807, 2.05) is 6.07 Å². The van der Waals surface area contributed by atoms with Crippen LogP contribution >= 0.6 is 0 Å². The van der Waals surface area contributed by atoms with E-state index in [1.54, 1.807) is 18.2 Å². The fourth-order valence-corrected chi connectivity index (χ4v) is 1.83. The van der Waals surface area contributed by atoms with Crippen LogP contribution in [0.2, 0.25) is 0 Å². The van der Waals surface area contributed by atoms with Crippen molar-refractivity contribution >= 4 is 11.7 Å². The lowest BCUT2D eigenvalue weighted by Gasteiger charge is -2.06. The van der Waals surface area contributed by atoms with Crippen LogP contribution in [0.5, 0.6) is 0 Å². The van der Waals surface area contributed by atoms with Gasteiger partial charge in [0.25, 0.3) is 5.69 Å². The zero-order chi connectivity index (χ0) is 14.7. The first-order chi connectivity index (χ1) is 9.52. The van der Waals surface area contributed by atoms with Crippen LogP contribution in [0.4, 0.5) is 5.69 Å². The summed E-state index contributed by atoms with van der Waals surface area (Å²) in [7, 11) is 0. The summed E-state index contributed by atoms with van der Waals surface area (Å²) in [5, 5.41) is 28.8. The highest BCUT2D eigenvalue weighted by molar-refractivity contribution is 5.96. The molecule has 0 aromatic heterocycles. The smallest absolute Gasteiger partial charge is 0.336 e. The van der Waals surface area contributed by atoms with Gasteiger partial charge in [0.05, 0.1) is 22.1 Å². The van der Waals surface area contributed by atoms with Crippen LogP contribution in [0, 0.1) is 21.4 Å². The maximum Gasteiger partial charge on any atom is 0.336 e. The van der Waals surface area contributed by atoms with Crippen molar-refractivity contribution in [3.05, 3.63) is 63.7 Å². The van der Waals surface area contributed by atoms with Crippen LogP contribution in [0.1, 0.15) is 15.9 Å². The van der Waals surface area contributed by atoms with E-state index in [4.69, 9.17) is 10.4 Å². The van der Waals surface area contributed by atoms with Crippen molar-refractivity contribution in [1.82, 2.24) is 0 Å². The zero-order valence-corrected chi connectivity index (χ0v) is 10.1. The first-order valence-electron chi connectivity index (χ1n) is 5.55. The number of aromatic carboxylic acids is 1. The number of non-ortho nitro benzene ring substituents is 1. The first kappa shape index (κ1) is 13.2. The fourth-order valence-electron chi connectivity index (χ4n) is 1.83. The minimum Gasteiger partial charge on any atom is -0.478 e. The fraction of sp³-hybridized carbons (Fsp3) is 0. The van der Waals surface area contributed by atoms with Gasteiger partial charge in [0.2, 0.25) is 0 Å². The van der Waals surface area contributed by atoms with Gasteiger partial charge in [-0.3, -0.25) is 10.1 Å². The van der Waals surface area contributed by atoms with Crippen molar-refractivity contribution in [2.75, 3.05) is 0 Å². The summed E-state index contributed by atoms with van der Waals surface area (Å²) < 4.78 is 0. The Kier molecular flexibility index (Phi) is 3.44. The Morgan fingerprint density at radius 1 is 1.25 bits per heavy atom. The molecule has 0 atom stereocenters. The van der Waals surface area contributed by atoms with Crippen LogP contribution in [-0.2, 0) is 0 Å². The standard InChI is InChI=1S/C14H8N2O4/c15-8-9-2-1-3-10(6-9)13-7-11(16(19)20)4-5-12(13)14(17)18/h1-7H,(H,17,18). The third kappa shape index (κ3) is 2.47. The number of nitriles is 1. The van der Waals surface area contributed by atoms with E-state index in [0.29, 0.717) is 11.1 Å². The van der Waals surface area contributed by atoms with Crippen molar-refractivity contribution in [3.63, 3.8) is 0 Å². The van der Waals surface area contributed by atoms with Crippen LogP contribution in [0.3, 0.4) is 0 Å². The summed E-state index contributed by atoms with van der Waals surface area (Å²) in [5.41, 5.74) is 0.761. The molecule has 0 saturated heterocycles. The molecule has 0 amide bonds. The highest BCUT2D eigenvalue weighted by Gasteiger charge is 2.16. The van der Waals surface area contributed by atoms with E-state index in [0.717, 1.165) is 6.07 Å². The van der Waals surface area contributed by atoms with Crippen molar-refractivity contribution in [2.24, 2.45) is 0 Å². The van der Waals surface area contributed by atoms with E-state index in [-0.39, 0.29) is 16.8 Å². The molecule has 98 valence electrons. The van der Waals surface area contributed by atoms with Gasteiger partial charge in [0, 0.05) is 17.7 Å². The number of hydrogen-bond donors (Lipinski definition) is 1. The molecule has 0 aliphatic carbocycles. The number of nitro groups is 1. The Bertz CT molecular complexity index is 747. The molecule has 0 aliphatic rings. The predicted octanol–water partition coefficient (Wildman–Crippen LogP) is 2.83. The third-order valence-corrected chi connectivity index (χ3v) is 2.75. The van der Waals surface area contributed by atoms with Gasteiger partial charge in [-0.05, 0) is 23.8 Å². The Labute approximate surface area is 113 Å². The maximum atomic E-state index is 11.2. The second kappa shape index (κ2) is 5.20. The van der Waals surface area contributed by atoms with Crippen LogP contribution in [-0.4, -0.2) is 16.0 Å². The second-order valence-electron chi connectivity index (χ2n) is 3.98. The molecule has 0 radical (unpaired) electrons. The quantitative estimate of drug-likeness (QED) is 0.680. The molecule has 20 heavy (non-hydrogen) atoms. The van der Waals surface area contributed by atoms with Crippen molar-refractivity contribution in [1.29, 1.82) is 5.26 Å². The van der Waals surface area contributed by atoms with E-state index >= 15 is 0 Å². The largest absolute Gasteiger partial charge is 0.478 e. The molecule has 2 aromatic carbocycles. The number of nitrogens with zero attached hydrogens (tertiary/aromatic N) is 2. The molecular formula is C14H8N2O4. The van der Waals surface area contributed by atoms with E-state index < -0.39 is 10.9 Å². The lowest BCUT2D eigenvalue weighted by Crippen LogP contribution is -2.01. The SMILES string of the molecule is N#Cc1cccc(-c2cc([N+](=O)[O-])ccc2C(=O)O)c1. The van der Waals surface area contributed by atoms with Crippen LogP contribution < -0.4 is 0 Å². The topological polar surface area (TPSA) is 104 Å². The highest BCUT2D eigenvalue weighted by atomic mass is 16.6. The van der Waals surface area contributed by atoms with Crippen molar-refractivity contribution < 1.29 is 14.8 Å². The molecule has 0 spiro atoms. The predicted molar refractivity (Wildman–Crippen MR) is 70.2 cm³/mol. The zero-order valence-electron chi connectivity index (χ0n) is 10.1. The summed E-state index contributed by atoms with van der Waals surface area (Å²) >= 11 is 0. The Morgan fingerprint density at radius 2 is 2.00 bits per heavy atom. The molecule has 0 unspecified atom stereocenters. The van der Waals surface area contributed by atoms with Gasteiger partial charge >= 0.3 is 5.97 Å². The van der Waals surface area contributed by atoms with E-state index in [2.05, 4.69) is 0 Å². The third-order valence-electron chi connectivity index (χ3n) is 2.75. The molecule has 0 heterocycles. The van der Waals surface area contributed by atoms with Crippen molar-refractivity contribution in [3.8, 4) is 17.2 Å². The molecule has 2 aromatic rings. The number of nitro benzene ring substituents is 1. The van der Waals surface area contributed by atoms with Crippen LogP contribution in [0.15, 0.2) is 42.5 Å². The van der Waals surface area contributed by atoms with Gasteiger partial charge in [0.1, 0.15) is 0 Å². The average molecular weight is 268 g/mol. The Morgan fingerprint density at radius 3 is 2.60 bits per heavy atom. The Hall–Kier alpha value is -3.20. The number of carboxylic acid groups (broad SMARTS) is 1. The molecule has 0 saturated carbocycles. The molecule has 6 heteroatoms. The lowest BCUT2D eigenvalue weighted by molar-refractivity contribution is -0.384. The maximum absolute atomic E-state index is 11.2. The average Bonchev–Trinajstić information content (AvgIpc) is 2.46. The summed E-state index contributed by atoms with van der Waals surface area (Å²) in [5.74, 6) is -1.18. The number of benzene rings is 2. The first-order valence-corrected chi connectivity index (χ1v) is 5.55. The van der Waals surface area contributed by atoms with Crippen molar-refractivity contribution in [2.45, 2.75) is 0 Å². The van der Waals surface area contributed by atoms with Gasteiger partial charge in [-0.1, -0.05) is 12.1 Å². The van der Waals surface area contributed by atoms with Crippen LogP contribution in [0.25, 0.3) is 11.1 Å². The monoisotopic (exact) mass is 268 g/mol. The molecule has 0 fully saturated rings. The molecule has 6 nitrogen and oxygen atoms in total. The molecule has 0 bridgehead atoms. The summed E-state index contributed by atoms with van der Waals surface area (Å²) in [6.45, 7) is 0. The van der Waals surface area contributed by atoms with Gasteiger partial charge in [0.15, 0.2) is 0 Å². The van der Waals surface area contributed by atoms with Gasteiger partial charge in [-0.25, -0.2) is 4.79 Å². The summed E-state index contributed by atoms with van der Waals surface area (Å²) in [6, 6.07) is 11.7. The van der Waals surface area contributed by atoms with Gasteiger partial charge in [-0.2, -0.15) is 5.26 Å². The summed E-state index contributed by atoms with van der Waals surface area (Å²) in [4.78, 5) is 21.4. The molecule has 2 rings (SSSR count). The number of hydrogen-bond acceptors (Lipinski definition) is 4. The highest BCUT2D eigenvalue weighted by Crippen LogP contribution is 2.28. The lowest BCUT2D eigenvalue weighted by atomic mass is 9.97. The number of carbonyl (C=O) groups is 1. The Balaban J connectivity index is 2.69. The van der Waals surface area contributed by atoms with Gasteiger partial charge < -0.3 is 5.11 Å². The van der Waals surface area contributed by atoms with E-state index in [9.17, 15) is 14.9 Å². The molecule has 1 N–H and O–H groups in total.